The Hall–Kier alpha value is -2.70. The summed E-state index contributed by atoms with van der Waals surface area (Å²) >= 11 is 0. The standard InChI is InChI=1S/C20H22F3N3O/c1-12-5-10-15(21)16(11-12)25-14-8-6-13(7-9-14)19(4)20(22,23)18(2,3)27-17(24)26-19/h5-11,25H,1-4H3,(H2,24,26)/t19-/m1/s1. The minimum Gasteiger partial charge on any atom is -0.453 e. The Labute approximate surface area is 156 Å². The van der Waals surface area contributed by atoms with Crippen LogP contribution in [0.25, 0.3) is 0 Å². The van der Waals surface area contributed by atoms with Crippen LogP contribution in [0, 0.1) is 12.7 Å². The largest absolute Gasteiger partial charge is 0.453 e. The Morgan fingerprint density at radius 2 is 1.67 bits per heavy atom. The molecule has 0 spiro atoms. The van der Waals surface area contributed by atoms with Crippen molar-refractivity contribution in [2.45, 2.75) is 44.8 Å². The van der Waals surface area contributed by atoms with E-state index in [4.69, 9.17) is 10.5 Å². The highest BCUT2D eigenvalue weighted by Gasteiger charge is 2.65. The molecule has 0 saturated heterocycles. The SMILES string of the molecule is Cc1ccc(F)c(Nc2ccc([C@@]3(C)N=C(N)OC(C)(C)C3(F)F)cc2)c1. The summed E-state index contributed by atoms with van der Waals surface area (Å²) in [4.78, 5) is 3.91. The Bertz CT molecular complexity index is 894. The third-order valence-electron chi connectivity index (χ3n) is 4.91. The lowest BCUT2D eigenvalue weighted by Gasteiger charge is -2.46. The predicted octanol–water partition coefficient (Wildman–Crippen LogP) is 4.85. The van der Waals surface area contributed by atoms with Gasteiger partial charge in [0.25, 0.3) is 6.02 Å². The molecule has 0 bridgehead atoms. The van der Waals surface area contributed by atoms with E-state index < -0.39 is 22.9 Å². The van der Waals surface area contributed by atoms with Gasteiger partial charge in [-0.05, 0) is 63.1 Å². The Balaban J connectivity index is 1.95. The van der Waals surface area contributed by atoms with E-state index >= 15 is 8.78 Å². The number of aliphatic imine (C=N–C) groups is 1. The molecule has 1 heterocycles. The quantitative estimate of drug-likeness (QED) is 0.804. The lowest BCUT2D eigenvalue weighted by Crippen LogP contribution is -2.62. The Kier molecular flexibility index (Phi) is 4.37. The fourth-order valence-electron chi connectivity index (χ4n) is 3.24. The van der Waals surface area contributed by atoms with Crippen LogP contribution in [0.15, 0.2) is 47.5 Å². The number of nitrogens with one attached hydrogen (secondary N) is 1. The van der Waals surface area contributed by atoms with Crippen molar-refractivity contribution in [1.82, 2.24) is 0 Å². The van der Waals surface area contributed by atoms with E-state index in [2.05, 4.69) is 10.3 Å². The second-order valence-corrected chi connectivity index (χ2v) is 7.39. The number of alkyl halides is 2. The van der Waals surface area contributed by atoms with E-state index in [1.54, 1.807) is 24.3 Å². The van der Waals surface area contributed by atoms with Crippen LogP contribution in [-0.2, 0) is 10.3 Å². The van der Waals surface area contributed by atoms with E-state index in [0.717, 1.165) is 5.56 Å². The van der Waals surface area contributed by atoms with Gasteiger partial charge in [0.05, 0.1) is 5.69 Å². The van der Waals surface area contributed by atoms with Gasteiger partial charge >= 0.3 is 5.92 Å². The highest BCUT2D eigenvalue weighted by atomic mass is 19.3. The number of nitrogens with zero attached hydrogens (tertiary/aromatic N) is 1. The smallest absolute Gasteiger partial charge is 0.314 e. The first kappa shape index (κ1) is 19.1. The van der Waals surface area contributed by atoms with Crippen molar-refractivity contribution >= 4 is 17.4 Å². The number of anilines is 2. The average Bonchev–Trinajstić information content (AvgIpc) is 2.56. The molecule has 144 valence electrons. The zero-order valence-electron chi connectivity index (χ0n) is 15.6. The highest BCUT2D eigenvalue weighted by Crippen LogP contribution is 2.51. The van der Waals surface area contributed by atoms with Crippen LogP contribution >= 0.6 is 0 Å². The molecule has 2 aromatic carbocycles. The maximum atomic E-state index is 15.1. The Morgan fingerprint density at radius 3 is 2.30 bits per heavy atom. The minimum atomic E-state index is -3.31. The predicted molar refractivity (Wildman–Crippen MR) is 99.9 cm³/mol. The molecule has 0 saturated carbocycles. The number of ether oxygens (including phenoxy) is 1. The minimum absolute atomic E-state index is 0.280. The number of rotatable bonds is 3. The normalized spacial score (nSPS) is 23.3. The van der Waals surface area contributed by atoms with Crippen molar-refractivity contribution < 1.29 is 17.9 Å². The highest BCUT2D eigenvalue weighted by molar-refractivity contribution is 5.74. The molecule has 27 heavy (non-hydrogen) atoms. The number of benzene rings is 2. The maximum absolute atomic E-state index is 15.1. The number of amidine groups is 1. The van der Waals surface area contributed by atoms with Crippen molar-refractivity contribution in [3.8, 4) is 0 Å². The first-order valence-corrected chi connectivity index (χ1v) is 8.52. The van der Waals surface area contributed by atoms with Gasteiger partial charge in [0.1, 0.15) is 5.82 Å². The van der Waals surface area contributed by atoms with Gasteiger partial charge in [-0.1, -0.05) is 18.2 Å². The van der Waals surface area contributed by atoms with Crippen LogP contribution in [0.1, 0.15) is 31.9 Å². The fraction of sp³-hybridized carbons (Fsp3) is 0.350. The van der Waals surface area contributed by atoms with Crippen molar-refractivity contribution in [2.75, 3.05) is 5.32 Å². The van der Waals surface area contributed by atoms with Gasteiger partial charge in [0.2, 0.25) is 0 Å². The van der Waals surface area contributed by atoms with Crippen molar-refractivity contribution in [1.29, 1.82) is 0 Å². The molecule has 4 nitrogen and oxygen atoms in total. The molecule has 3 rings (SSSR count). The van der Waals surface area contributed by atoms with Gasteiger partial charge in [0, 0.05) is 5.69 Å². The monoisotopic (exact) mass is 377 g/mol. The van der Waals surface area contributed by atoms with Crippen LogP contribution in [0.2, 0.25) is 0 Å². The summed E-state index contributed by atoms with van der Waals surface area (Å²) in [7, 11) is 0. The lowest BCUT2D eigenvalue weighted by atomic mass is 9.77. The summed E-state index contributed by atoms with van der Waals surface area (Å²) in [5.74, 6) is -3.70. The summed E-state index contributed by atoms with van der Waals surface area (Å²) in [6.07, 6.45) is 0. The van der Waals surface area contributed by atoms with E-state index in [1.807, 2.05) is 6.92 Å². The van der Waals surface area contributed by atoms with Crippen LogP contribution in [0.3, 0.4) is 0 Å². The number of halogens is 3. The van der Waals surface area contributed by atoms with Crippen molar-refractivity contribution in [2.24, 2.45) is 10.7 Å². The third kappa shape index (κ3) is 3.11. The first-order chi connectivity index (χ1) is 12.5. The molecule has 0 amide bonds. The molecule has 0 fully saturated rings. The summed E-state index contributed by atoms with van der Waals surface area (Å²) in [5.41, 5.74) is 4.02. The summed E-state index contributed by atoms with van der Waals surface area (Å²) < 4.78 is 49.1. The van der Waals surface area contributed by atoms with Gasteiger partial charge < -0.3 is 15.8 Å². The van der Waals surface area contributed by atoms with Gasteiger partial charge in [-0.15, -0.1) is 0 Å². The molecule has 1 atom stereocenters. The molecular formula is C20H22F3N3O. The van der Waals surface area contributed by atoms with Gasteiger partial charge in [-0.25, -0.2) is 9.38 Å². The zero-order chi connectivity index (χ0) is 20.0. The van der Waals surface area contributed by atoms with E-state index in [1.165, 1.54) is 39.0 Å². The van der Waals surface area contributed by atoms with E-state index in [-0.39, 0.29) is 11.6 Å². The topological polar surface area (TPSA) is 59.6 Å². The van der Waals surface area contributed by atoms with Crippen LogP contribution in [0.5, 0.6) is 0 Å². The second-order valence-electron chi connectivity index (χ2n) is 7.39. The molecule has 7 heteroatoms. The number of hydrogen-bond acceptors (Lipinski definition) is 4. The van der Waals surface area contributed by atoms with E-state index in [9.17, 15) is 4.39 Å². The lowest BCUT2D eigenvalue weighted by molar-refractivity contribution is -0.207. The molecule has 3 N–H and O–H groups in total. The van der Waals surface area contributed by atoms with E-state index in [0.29, 0.717) is 11.4 Å². The first-order valence-electron chi connectivity index (χ1n) is 8.52. The zero-order valence-corrected chi connectivity index (χ0v) is 15.6. The fourth-order valence-corrected chi connectivity index (χ4v) is 3.24. The molecule has 1 aliphatic heterocycles. The summed E-state index contributed by atoms with van der Waals surface area (Å²) in [6.45, 7) is 5.74. The number of hydrogen-bond donors (Lipinski definition) is 2. The van der Waals surface area contributed by atoms with Crippen molar-refractivity contribution in [3.05, 3.63) is 59.4 Å². The average molecular weight is 377 g/mol. The second kappa shape index (κ2) is 6.18. The summed E-state index contributed by atoms with van der Waals surface area (Å²) in [6, 6.07) is 10.7. The van der Waals surface area contributed by atoms with Crippen LogP contribution in [-0.4, -0.2) is 17.5 Å². The molecule has 0 radical (unpaired) electrons. The van der Waals surface area contributed by atoms with Crippen LogP contribution < -0.4 is 11.1 Å². The molecule has 0 aliphatic carbocycles. The Morgan fingerprint density at radius 1 is 1.04 bits per heavy atom. The number of nitrogens with two attached hydrogens (primary N) is 1. The molecule has 0 aromatic heterocycles. The molecule has 0 unspecified atom stereocenters. The maximum Gasteiger partial charge on any atom is 0.314 e. The van der Waals surface area contributed by atoms with Gasteiger partial charge in [-0.3, -0.25) is 0 Å². The van der Waals surface area contributed by atoms with Gasteiger partial charge in [-0.2, -0.15) is 8.78 Å². The van der Waals surface area contributed by atoms with Crippen molar-refractivity contribution in [3.63, 3.8) is 0 Å². The molecule has 2 aromatic rings. The van der Waals surface area contributed by atoms with Crippen LogP contribution in [0.4, 0.5) is 24.5 Å². The molecular weight excluding hydrogens is 355 g/mol. The van der Waals surface area contributed by atoms with Gasteiger partial charge in [0.15, 0.2) is 11.1 Å². The number of aryl methyl sites for hydroxylation is 1. The molecule has 1 aliphatic rings. The summed E-state index contributed by atoms with van der Waals surface area (Å²) in [5, 5.41) is 2.95. The third-order valence-corrected chi connectivity index (χ3v) is 4.91.